The lowest BCUT2D eigenvalue weighted by molar-refractivity contribution is 0.0892. The van der Waals surface area contributed by atoms with Gasteiger partial charge in [0.25, 0.3) is 5.91 Å². The first kappa shape index (κ1) is 12.1. The van der Waals surface area contributed by atoms with Crippen molar-refractivity contribution < 1.29 is 13.9 Å². The topological polar surface area (TPSA) is 77.5 Å². The smallest absolute Gasteiger partial charge is 0.287 e. The first-order valence-electron chi connectivity index (χ1n) is 5.88. The quantitative estimate of drug-likeness (QED) is 0.816. The summed E-state index contributed by atoms with van der Waals surface area (Å²) in [5.74, 6) is 1.13. The van der Waals surface area contributed by atoms with Crippen LogP contribution in [0.5, 0.6) is 0 Å². The van der Waals surface area contributed by atoms with Gasteiger partial charge in [0, 0.05) is 18.6 Å². The van der Waals surface area contributed by atoms with E-state index in [1.807, 2.05) is 6.92 Å². The monoisotopic (exact) mass is 238 g/mol. The van der Waals surface area contributed by atoms with Gasteiger partial charge in [-0.05, 0) is 25.5 Å². The van der Waals surface area contributed by atoms with Crippen molar-refractivity contribution in [2.45, 2.75) is 25.9 Å². The molecule has 0 aliphatic carbocycles. The highest BCUT2D eigenvalue weighted by Crippen LogP contribution is 2.17. The third kappa shape index (κ3) is 2.87. The molecule has 1 aromatic rings. The molecule has 1 saturated heterocycles. The van der Waals surface area contributed by atoms with Crippen molar-refractivity contribution in [1.29, 1.82) is 0 Å². The summed E-state index contributed by atoms with van der Waals surface area (Å²) in [5.41, 5.74) is 5.42. The Kier molecular flexibility index (Phi) is 3.81. The van der Waals surface area contributed by atoms with Crippen molar-refractivity contribution in [1.82, 2.24) is 5.32 Å². The molecule has 5 heteroatoms. The number of carbonyl (C=O) groups is 1. The largest absolute Gasteiger partial charge is 0.455 e. The number of hydrogen-bond donors (Lipinski definition) is 2. The lowest BCUT2D eigenvalue weighted by Gasteiger charge is -2.18. The normalized spacial score (nSPS) is 21.4. The van der Waals surface area contributed by atoms with E-state index in [-0.39, 0.29) is 11.9 Å². The molecule has 0 radical (unpaired) electrons. The number of hydrogen-bond acceptors (Lipinski definition) is 4. The van der Waals surface area contributed by atoms with Gasteiger partial charge in [-0.15, -0.1) is 0 Å². The van der Waals surface area contributed by atoms with Crippen LogP contribution < -0.4 is 11.1 Å². The molecule has 2 unspecified atom stereocenters. The van der Waals surface area contributed by atoms with Gasteiger partial charge < -0.3 is 20.2 Å². The third-order valence-corrected chi connectivity index (χ3v) is 3.12. The van der Waals surface area contributed by atoms with E-state index in [0.717, 1.165) is 13.0 Å². The van der Waals surface area contributed by atoms with Gasteiger partial charge in [-0.3, -0.25) is 4.79 Å². The van der Waals surface area contributed by atoms with Crippen molar-refractivity contribution in [3.05, 3.63) is 23.7 Å². The Hall–Kier alpha value is -1.33. The Labute approximate surface area is 100 Å². The standard InChI is InChI=1S/C12H18N2O3/c1-8(9-4-5-16-7-9)14-12(15)11-3-2-10(6-13)17-11/h2-3,8-9H,4-7,13H2,1H3,(H,14,15). The summed E-state index contributed by atoms with van der Waals surface area (Å²) in [6.45, 7) is 3.79. The molecule has 2 rings (SSSR count). The van der Waals surface area contributed by atoms with E-state index >= 15 is 0 Å². The van der Waals surface area contributed by atoms with Gasteiger partial charge in [-0.25, -0.2) is 0 Å². The molecule has 1 aliphatic rings. The lowest BCUT2D eigenvalue weighted by Crippen LogP contribution is -2.38. The van der Waals surface area contributed by atoms with E-state index in [2.05, 4.69) is 5.32 Å². The molecule has 0 spiro atoms. The number of rotatable bonds is 4. The molecule has 5 nitrogen and oxygen atoms in total. The van der Waals surface area contributed by atoms with Gasteiger partial charge >= 0.3 is 0 Å². The zero-order chi connectivity index (χ0) is 12.3. The number of amides is 1. The lowest BCUT2D eigenvalue weighted by atomic mass is 10.0. The van der Waals surface area contributed by atoms with E-state index in [9.17, 15) is 4.79 Å². The molecular weight excluding hydrogens is 220 g/mol. The fourth-order valence-corrected chi connectivity index (χ4v) is 1.95. The molecule has 1 aromatic heterocycles. The van der Waals surface area contributed by atoms with Crippen LogP contribution in [-0.2, 0) is 11.3 Å². The van der Waals surface area contributed by atoms with Crippen LogP contribution in [0.2, 0.25) is 0 Å². The summed E-state index contributed by atoms with van der Waals surface area (Å²) in [6, 6.07) is 3.46. The SMILES string of the molecule is CC(NC(=O)c1ccc(CN)o1)C1CCOC1. The van der Waals surface area contributed by atoms with Crippen LogP contribution in [0.25, 0.3) is 0 Å². The van der Waals surface area contributed by atoms with Gasteiger partial charge in [0.05, 0.1) is 13.2 Å². The van der Waals surface area contributed by atoms with Crippen LogP contribution in [0.3, 0.4) is 0 Å². The molecule has 1 aliphatic heterocycles. The number of furan rings is 1. The fourth-order valence-electron chi connectivity index (χ4n) is 1.95. The van der Waals surface area contributed by atoms with Gasteiger partial charge in [0.15, 0.2) is 5.76 Å². The van der Waals surface area contributed by atoms with Crippen LogP contribution in [0.15, 0.2) is 16.5 Å². The van der Waals surface area contributed by atoms with E-state index in [4.69, 9.17) is 14.9 Å². The maximum atomic E-state index is 11.9. The minimum atomic E-state index is -0.191. The van der Waals surface area contributed by atoms with Crippen molar-refractivity contribution in [3.63, 3.8) is 0 Å². The van der Waals surface area contributed by atoms with Gasteiger partial charge in [0.2, 0.25) is 0 Å². The molecule has 0 saturated carbocycles. The van der Waals surface area contributed by atoms with E-state index in [0.29, 0.717) is 30.6 Å². The van der Waals surface area contributed by atoms with Crippen LogP contribution in [-0.4, -0.2) is 25.2 Å². The van der Waals surface area contributed by atoms with Crippen molar-refractivity contribution in [2.75, 3.05) is 13.2 Å². The summed E-state index contributed by atoms with van der Waals surface area (Å²) in [5, 5.41) is 2.92. The summed E-state index contributed by atoms with van der Waals surface area (Å²) < 4.78 is 10.6. The van der Waals surface area contributed by atoms with Crippen LogP contribution in [0.4, 0.5) is 0 Å². The van der Waals surface area contributed by atoms with Gasteiger partial charge in [-0.1, -0.05) is 0 Å². The molecule has 0 aromatic carbocycles. The minimum Gasteiger partial charge on any atom is -0.455 e. The van der Waals surface area contributed by atoms with Crippen molar-refractivity contribution >= 4 is 5.91 Å². The van der Waals surface area contributed by atoms with E-state index in [1.54, 1.807) is 12.1 Å². The third-order valence-electron chi connectivity index (χ3n) is 3.12. The molecule has 2 heterocycles. The highest BCUT2D eigenvalue weighted by molar-refractivity contribution is 5.91. The van der Waals surface area contributed by atoms with Crippen LogP contribution >= 0.6 is 0 Å². The average Bonchev–Trinajstić information content (AvgIpc) is 3.00. The second-order valence-corrected chi connectivity index (χ2v) is 4.36. The average molecular weight is 238 g/mol. The first-order valence-corrected chi connectivity index (χ1v) is 5.88. The van der Waals surface area contributed by atoms with E-state index < -0.39 is 0 Å². The predicted octanol–water partition coefficient (Wildman–Crippen LogP) is 0.893. The maximum Gasteiger partial charge on any atom is 0.287 e. The summed E-state index contributed by atoms with van der Waals surface area (Å²) >= 11 is 0. The van der Waals surface area contributed by atoms with Crippen molar-refractivity contribution in [3.8, 4) is 0 Å². The molecule has 3 N–H and O–H groups in total. The van der Waals surface area contributed by atoms with Gasteiger partial charge in [0.1, 0.15) is 5.76 Å². The molecule has 0 bridgehead atoms. The van der Waals surface area contributed by atoms with Crippen LogP contribution in [0.1, 0.15) is 29.7 Å². The fraction of sp³-hybridized carbons (Fsp3) is 0.583. The molecule has 1 fully saturated rings. The van der Waals surface area contributed by atoms with Crippen molar-refractivity contribution in [2.24, 2.45) is 11.7 Å². The molecule has 17 heavy (non-hydrogen) atoms. The second-order valence-electron chi connectivity index (χ2n) is 4.36. The highest BCUT2D eigenvalue weighted by Gasteiger charge is 2.24. The van der Waals surface area contributed by atoms with E-state index in [1.165, 1.54) is 0 Å². The molecule has 1 amide bonds. The minimum absolute atomic E-state index is 0.0939. The summed E-state index contributed by atoms with van der Waals surface area (Å²) in [4.78, 5) is 11.9. The highest BCUT2D eigenvalue weighted by atomic mass is 16.5. The molecule has 94 valence electrons. The first-order chi connectivity index (χ1) is 8.20. The number of nitrogens with two attached hydrogens (primary N) is 1. The number of nitrogens with one attached hydrogen (secondary N) is 1. The Morgan fingerprint density at radius 3 is 3.06 bits per heavy atom. The van der Waals surface area contributed by atoms with Gasteiger partial charge in [-0.2, -0.15) is 0 Å². The predicted molar refractivity (Wildman–Crippen MR) is 62.5 cm³/mol. The number of carbonyl (C=O) groups excluding carboxylic acids is 1. The maximum absolute atomic E-state index is 11.9. The molecular formula is C12H18N2O3. The zero-order valence-corrected chi connectivity index (χ0v) is 9.94. The molecule has 2 atom stereocenters. The Bertz CT molecular complexity index is 383. The zero-order valence-electron chi connectivity index (χ0n) is 9.94. The Morgan fingerprint density at radius 2 is 2.47 bits per heavy atom. The Balaban J connectivity index is 1.91. The summed E-state index contributed by atoms with van der Waals surface area (Å²) in [6.07, 6.45) is 0.994. The second kappa shape index (κ2) is 5.33. The number of ether oxygens (including phenoxy) is 1. The Morgan fingerprint density at radius 1 is 1.65 bits per heavy atom. The van der Waals surface area contributed by atoms with Crippen LogP contribution in [0, 0.1) is 5.92 Å². The summed E-state index contributed by atoms with van der Waals surface area (Å²) in [7, 11) is 0.